The first-order chi connectivity index (χ1) is 20.3. The highest BCUT2D eigenvalue weighted by Crippen LogP contribution is 2.41. The van der Waals surface area contributed by atoms with Crippen LogP contribution in [0.5, 0.6) is 5.75 Å². The summed E-state index contributed by atoms with van der Waals surface area (Å²) in [6.45, 7) is 14.4. The van der Waals surface area contributed by atoms with Crippen molar-refractivity contribution in [3.8, 4) is 5.75 Å². The molecule has 0 atom stereocenters. The topological polar surface area (TPSA) is 104 Å². The molecule has 2 amide bonds. The van der Waals surface area contributed by atoms with Crippen molar-refractivity contribution in [3.63, 3.8) is 0 Å². The molecule has 230 valence electrons. The Bertz CT molecular complexity index is 1560. The lowest BCUT2D eigenvalue weighted by molar-refractivity contribution is -0.140. The zero-order valence-corrected chi connectivity index (χ0v) is 25.3. The van der Waals surface area contributed by atoms with Crippen LogP contribution in [0.3, 0.4) is 0 Å². The lowest BCUT2D eigenvalue weighted by atomic mass is 9.81. The molecule has 3 aromatic rings. The maximum atomic E-state index is 14.0. The van der Waals surface area contributed by atoms with Gasteiger partial charge in [0.25, 0.3) is 5.91 Å². The van der Waals surface area contributed by atoms with Crippen molar-refractivity contribution >= 4 is 34.4 Å². The van der Waals surface area contributed by atoms with E-state index in [1.54, 1.807) is 32.0 Å². The highest BCUT2D eigenvalue weighted by Gasteiger charge is 2.38. The van der Waals surface area contributed by atoms with Gasteiger partial charge in [0, 0.05) is 53.8 Å². The van der Waals surface area contributed by atoms with E-state index < -0.39 is 41.1 Å². The van der Waals surface area contributed by atoms with Gasteiger partial charge in [-0.05, 0) is 62.8 Å². The summed E-state index contributed by atoms with van der Waals surface area (Å²) in [6, 6.07) is 8.08. The predicted octanol–water partition coefficient (Wildman–Crippen LogP) is 5.60. The second kappa shape index (κ2) is 12.9. The molecule has 1 aliphatic heterocycles. The zero-order chi connectivity index (χ0) is 31.5. The number of carbonyl (C=O) groups is 3. The Morgan fingerprint density at radius 2 is 1.79 bits per heavy atom. The third kappa shape index (κ3) is 7.05. The number of halogens is 2. The van der Waals surface area contributed by atoms with Crippen LogP contribution in [0.15, 0.2) is 42.6 Å². The van der Waals surface area contributed by atoms with E-state index in [0.29, 0.717) is 30.0 Å². The van der Waals surface area contributed by atoms with Gasteiger partial charge in [-0.25, -0.2) is 18.4 Å². The molecule has 4 rings (SSSR count). The van der Waals surface area contributed by atoms with E-state index in [-0.39, 0.29) is 17.7 Å². The Labute approximate surface area is 249 Å². The number of likely N-dealkylation sites (N-methyl/N-ethyl adjacent to an activating group) is 1. The number of hydrogen-bond acceptors (Lipinski definition) is 6. The molecule has 9 nitrogen and oxygen atoms in total. The summed E-state index contributed by atoms with van der Waals surface area (Å²) in [7, 11) is 0. The Kier molecular flexibility index (Phi) is 9.54. The van der Waals surface area contributed by atoms with E-state index in [9.17, 15) is 23.2 Å². The van der Waals surface area contributed by atoms with Crippen LogP contribution in [0.2, 0.25) is 0 Å². The Balaban J connectivity index is 1.70. The molecular formula is C32H38F2N4O5. The normalized spacial score (nSPS) is 14.4. The van der Waals surface area contributed by atoms with Gasteiger partial charge in [-0.3, -0.25) is 4.79 Å². The minimum atomic E-state index is -1.14. The minimum absolute atomic E-state index is 0.0601. The minimum Gasteiger partial charge on any atom is -0.459 e. The molecule has 0 aliphatic carbocycles. The van der Waals surface area contributed by atoms with Gasteiger partial charge >= 0.3 is 12.1 Å². The predicted molar refractivity (Wildman–Crippen MR) is 160 cm³/mol. The summed E-state index contributed by atoms with van der Waals surface area (Å²) in [5.41, 5.74) is 1.14. The van der Waals surface area contributed by atoms with E-state index in [0.717, 1.165) is 36.2 Å². The number of benzene rings is 2. The van der Waals surface area contributed by atoms with Crippen LogP contribution in [0.4, 0.5) is 13.6 Å². The van der Waals surface area contributed by atoms with Crippen LogP contribution in [0.1, 0.15) is 63.2 Å². The van der Waals surface area contributed by atoms with Crippen molar-refractivity contribution in [3.05, 3.63) is 71.1 Å². The summed E-state index contributed by atoms with van der Waals surface area (Å²) in [5, 5.41) is 3.52. The van der Waals surface area contributed by atoms with Crippen molar-refractivity contribution in [2.24, 2.45) is 0 Å². The van der Waals surface area contributed by atoms with Crippen LogP contribution in [0.25, 0.3) is 16.5 Å². The number of hydrogen-bond donors (Lipinski definition) is 2. The highest BCUT2D eigenvalue weighted by molar-refractivity contribution is 6.18. The summed E-state index contributed by atoms with van der Waals surface area (Å²) >= 11 is 0. The Morgan fingerprint density at radius 1 is 1.07 bits per heavy atom. The Hall–Kier alpha value is -4.25. The fraction of sp³-hybridized carbons (Fsp3) is 0.406. The smallest absolute Gasteiger partial charge is 0.412 e. The van der Waals surface area contributed by atoms with E-state index in [2.05, 4.69) is 29.0 Å². The van der Waals surface area contributed by atoms with Gasteiger partial charge in [0.2, 0.25) is 0 Å². The van der Waals surface area contributed by atoms with Gasteiger partial charge < -0.3 is 29.6 Å². The van der Waals surface area contributed by atoms with E-state index in [1.807, 2.05) is 13.8 Å². The number of rotatable bonds is 9. The molecule has 0 fully saturated rings. The van der Waals surface area contributed by atoms with Crippen molar-refractivity contribution in [2.45, 2.75) is 53.1 Å². The van der Waals surface area contributed by atoms with Crippen LogP contribution in [0, 0.1) is 11.6 Å². The van der Waals surface area contributed by atoms with Crippen molar-refractivity contribution in [1.29, 1.82) is 0 Å². The van der Waals surface area contributed by atoms with Crippen molar-refractivity contribution < 1.29 is 32.6 Å². The largest absolute Gasteiger partial charge is 0.459 e. The first-order valence-electron chi connectivity index (χ1n) is 14.4. The first-order valence-corrected chi connectivity index (χ1v) is 14.4. The van der Waals surface area contributed by atoms with Gasteiger partial charge in [-0.15, -0.1) is 0 Å². The number of amides is 2. The molecule has 2 aromatic carbocycles. The van der Waals surface area contributed by atoms with Gasteiger partial charge in [-0.2, -0.15) is 0 Å². The van der Waals surface area contributed by atoms with Gasteiger partial charge in [0.15, 0.2) is 11.6 Å². The molecule has 0 radical (unpaired) electrons. The monoisotopic (exact) mass is 596 g/mol. The Morgan fingerprint density at radius 3 is 2.44 bits per heavy atom. The van der Waals surface area contributed by atoms with E-state index in [1.165, 1.54) is 17.2 Å². The SMILES string of the molecule is CCN(CC)CCNC(=O)Oc1ccc2c3c([nH]c2c1)C(C(=O)OC(C)C)=CN(C(=O)c1ccc(F)c(F)c1)CC3(C)C. The van der Waals surface area contributed by atoms with Gasteiger partial charge in [0.05, 0.1) is 17.4 Å². The number of nitrogens with one attached hydrogen (secondary N) is 2. The summed E-state index contributed by atoms with van der Waals surface area (Å²) in [6.07, 6.45) is 0.374. The molecule has 0 saturated carbocycles. The third-order valence-corrected chi connectivity index (χ3v) is 7.36. The number of carbonyl (C=O) groups excluding carboxylic acids is 3. The third-order valence-electron chi connectivity index (χ3n) is 7.36. The van der Waals surface area contributed by atoms with Crippen molar-refractivity contribution in [1.82, 2.24) is 20.1 Å². The average Bonchev–Trinajstić information content (AvgIpc) is 3.28. The number of fused-ring (bicyclic) bond motifs is 3. The highest BCUT2D eigenvalue weighted by atomic mass is 19.2. The number of aromatic amines is 1. The summed E-state index contributed by atoms with van der Waals surface area (Å²) in [5.74, 6) is -3.15. The molecule has 0 bridgehead atoms. The standard InChI is InChI=1S/C32H38F2N4O5/c1-7-37(8-2)14-13-35-31(41)43-21-10-11-22-26(16-21)36-28-23(30(40)42-19(3)4)17-38(18-32(5,6)27(22)28)29(39)20-9-12-24(33)25(34)15-20/h9-12,15-17,19,36H,7-8,13-14,18H2,1-6H3,(H,35,41). The molecule has 0 spiro atoms. The molecule has 11 heteroatoms. The number of esters is 1. The fourth-order valence-electron chi connectivity index (χ4n) is 5.27. The lowest BCUT2D eigenvalue weighted by Crippen LogP contribution is -2.37. The molecule has 1 aromatic heterocycles. The summed E-state index contributed by atoms with van der Waals surface area (Å²) in [4.78, 5) is 46.1. The molecular weight excluding hydrogens is 558 g/mol. The lowest BCUT2D eigenvalue weighted by Gasteiger charge is -2.29. The maximum absolute atomic E-state index is 14.0. The molecule has 43 heavy (non-hydrogen) atoms. The van der Waals surface area contributed by atoms with Gasteiger partial charge in [-0.1, -0.05) is 27.7 Å². The molecule has 1 aliphatic rings. The molecule has 0 unspecified atom stereocenters. The number of H-pyrrole nitrogens is 1. The number of nitrogens with zero attached hydrogens (tertiary/aromatic N) is 2. The molecule has 0 saturated heterocycles. The van der Waals surface area contributed by atoms with Crippen LogP contribution in [-0.4, -0.2) is 71.6 Å². The van der Waals surface area contributed by atoms with Crippen molar-refractivity contribution in [2.75, 3.05) is 32.7 Å². The van der Waals surface area contributed by atoms with Crippen LogP contribution < -0.4 is 10.1 Å². The summed E-state index contributed by atoms with van der Waals surface area (Å²) < 4.78 is 38.6. The number of aromatic nitrogens is 1. The fourth-order valence-corrected chi connectivity index (χ4v) is 5.27. The van der Waals surface area contributed by atoms with E-state index >= 15 is 0 Å². The van der Waals surface area contributed by atoms with Crippen LogP contribution >= 0.6 is 0 Å². The molecule has 2 heterocycles. The van der Waals surface area contributed by atoms with Gasteiger partial charge in [0.1, 0.15) is 5.75 Å². The van der Waals surface area contributed by atoms with E-state index in [4.69, 9.17) is 9.47 Å². The maximum Gasteiger partial charge on any atom is 0.412 e. The molecule has 2 N–H and O–H groups in total. The first kappa shape index (κ1) is 31.7. The quantitative estimate of drug-likeness (QED) is 0.312. The second-order valence-corrected chi connectivity index (χ2v) is 11.4. The average molecular weight is 597 g/mol. The second-order valence-electron chi connectivity index (χ2n) is 11.4. The van der Waals surface area contributed by atoms with Crippen LogP contribution in [-0.2, 0) is 14.9 Å². The number of ether oxygens (including phenoxy) is 2. The zero-order valence-electron chi connectivity index (χ0n) is 25.3.